The molecule has 0 saturated carbocycles. The summed E-state index contributed by atoms with van der Waals surface area (Å²) in [5, 5.41) is 0. The molecule has 0 spiro atoms. The maximum atomic E-state index is 12.4. The molecule has 6 heteroatoms. The fourth-order valence-electron chi connectivity index (χ4n) is 2.10. The fourth-order valence-corrected chi connectivity index (χ4v) is 3.27. The Hall–Kier alpha value is -1.92. The minimum Gasteiger partial charge on any atom is -0.326 e. The summed E-state index contributed by atoms with van der Waals surface area (Å²) in [7, 11) is -3.64. The monoisotopic (exact) mass is 305 g/mol. The molecule has 0 radical (unpaired) electrons. The van der Waals surface area contributed by atoms with Gasteiger partial charge in [-0.05, 0) is 48.7 Å². The summed E-state index contributed by atoms with van der Waals surface area (Å²) in [6.07, 6.45) is 2.44. The Morgan fingerprint density at radius 3 is 2.62 bits per heavy atom. The largest absolute Gasteiger partial charge is 0.326 e. The van der Waals surface area contributed by atoms with Gasteiger partial charge in [-0.1, -0.05) is 13.0 Å². The highest BCUT2D eigenvalue weighted by molar-refractivity contribution is 7.92. The predicted molar refractivity (Wildman–Crippen MR) is 83.5 cm³/mol. The first-order valence-corrected chi connectivity index (χ1v) is 8.22. The van der Waals surface area contributed by atoms with Gasteiger partial charge < -0.3 is 5.73 Å². The molecule has 0 saturated heterocycles. The zero-order valence-electron chi connectivity index (χ0n) is 12.1. The van der Waals surface area contributed by atoms with Crippen molar-refractivity contribution in [1.82, 2.24) is 4.98 Å². The number of anilines is 1. The molecule has 0 aliphatic rings. The summed E-state index contributed by atoms with van der Waals surface area (Å²) in [5.74, 6) is 0. The van der Waals surface area contributed by atoms with Gasteiger partial charge in [-0.3, -0.25) is 9.71 Å². The van der Waals surface area contributed by atoms with Crippen LogP contribution in [0.3, 0.4) is 0 Å². The smallest absolute Gasteiger partial charge is 0.261 e. The van der Waals surface area contributed by atoms with E-state index in [4.69, 9.17) is 5.73 Å². The van der Waals surface area contributed by atoms with Gasteiger partial charge in [0.1, 0.15) is 0 Å². The minimum atomic E-state index is -3.64. The van der Waals surface area contributed by atoms with E-state index in [0.29, 0.717) is 17.9 Å². The second kappa shape index (κ2) is 6.24. The van der Waals surface area contributed by atoms with Gasteiger partial charge in [0, 0.05) is 12.7 Å². The molecule has 1 heterocycles. The molecule has 0 amide bonds. The first kappa shape index (κ1) is 15.5. The molecule has 112 valence electrons. The Morgan fingerprint density at radius 2 is 2.00 bits per heavy atom. The van der Waals surface area contributed by atoms with Crippen LogP contribution in [0.4, 0.5) is 5.69 Å². The Kier molecular flexibility index (Phi) is 4.59. The molecule has 5 nitrogen and oxygen atoms in total. The van der Waals surface area contributed by atoms with Crippen LogP contribution >= 0.6 is 0 Å². The standard InChI is InChI=1S/C15H19N3O2S/c1-3-12-6-7-14(9-13(12)10-16)21(19,20)18-15-5-4-8-17-11(15)2/h4-9,18H,3,10,16H2,1-2H3. The molecule has 0 aliphatic carbocycles. The van der Waals surface area contributed by atoms with Gasteiger partial charge in [-0.15, -0.1) is 0 Å². The third-order valence-corrected chi connectivity index (χ3v) is 4.70. The lowest BCUT2D eigenvalue weighted by Gasteiger charge is -2.12. The van der Waals surface area contributed by atoms with Crippen molar-refractivity contribution in [2.45, 2.75) is 31.7 Å². The van der Waals surface area contributed by atoms with Gasteiger partial charge in [-0.2, -0.15) is 0 Å². The molecule has 2 rings (SSSR count). The number of nitrogens with zero attached hydrogens (tertiary/aromatic N) is 1. The third-order valence-electron chi connectivity index (χ3n) is 3.34. The van der Waals surface area contributed by atoms with E-state index in [-0.39, 0.29) is 4.90 Å². The van der Waals surface area contributed by atoms with Gasteiger partial charge in [0.15, 0.2) is 0 Å². The Bertz CT molecular complexity index is 742. The molecule has 0 unspecified atom stereocenters. The second-order valence-corrected chi connectivity index (χ2v) is 6.41. The van der Waals surface area contributed by atoms with E-state index >= 15 is 0 Å². The number of nitrogens with two attached hydrogens (primary N) is 1. The van der Waals surface area contributed by atoms with Crippen LogP contribution in [0.2, 0.25) is 0 Å². The minimum absolute atomic E-state index is 0.211. The molecule has 1 aromatic carbocycles. The number of rotatable bonds is 5. The lowest BCUT2D eigenvalue weighted by atomic mass is 10.1. The highest BCUT2D eigenvalue weighted by atomic mass is 32.2. The van der Waals surface area contributed by atoms with Gasteiger partial charge in [0.2, 0.25) is 0 Å². The quantitative estimate of drug-likeness (QED) is 0.887. The Morgan fingerprint density at radius 1 is 1.24 bits per heavy atom. The van der Waals surface area contributed by atoms with Crippen molar-refractivity contribution in [1.29, 1.82) is 0 Å². The van der Waals surface area contributed by atoms with E-state index < -0.39 is 10.0 Å². The van der Waals surface area contributed by atoms with Crippen molar-refractivity contribution in [3.05, 3.63) is 53.3 Å². The van der Waals surface area contributed by atoms with Crippen LogP contribution in [-0.4, -0.2) is 13.4 Å². The molecule has 3 N–H and O–H groups in total. The number of benzene rings is 1. The summed E-state index contributed by atoms with van der Waals surface area (Å²) in [6.45, 7) is 4.09. The predicted octanol–water partition coefficient (Wildman–Crippen LogP) is 2.21. The summed E-state index contributed by atoms with van der Waals surface area (Å²) in [5.41, 5.74) is 8.71. The lowest BCUT2D eigenvalue weighted by molar-refractivity contribution is 0.601. The van der Waals surface area contributed by atoms with Crippen LogP contribution in [0, 0.1) is 6.92 Å². The van der Waals surface area contributed by atoms with Crippen molar-refractivity contribution < 1.29 is 8.42 Å². The summed E-state index contributed by atoms with van der Waals surface area (Å²) >= 11 is 0. The van der Waals surface area contributed by atoms with Crippen molar-refractivity contribution in [3.63, 3.8) is 0 Å². The highest BCUT2D eigenvalue weighted by Gasteiger charge is 2.16. The van der Waals surface area contributed by atoms with Crippen LogP contribution < -0.4 is 10.5 Å². The highest BCUT2D eigenvalue weighted by Crippen LogP contribution is 2.20. The average molecular weight is 305 g/mol. The van der Waals surface area contributed by atoms with E-state index in [1.165, 1.54) is 0 Å². The van der Waals surface area contributed by atoms with Crippen LogP contribution in [0.1, 0.15) is 23.7 Å². The average Bonchev–Trinajstić information content (AvgIpc) is 2.48. The van der Waals surface area contributed by atoms with Gasteiger partial charge in [0.25, 0.3) is 10.0 Å². The lowest BCUT2D eigenvalue weighted by Crippen LogP contribution is -2.15. The molecule has 1 aromatic heterocycles. The van der Waals surface area contributed by atoms with E-state index in [1.807, 2.05) is 13.0 Å². The normalized spacial score (nSPS) is 11.4. The van der Waals surface area contributed by atoms with Gasteiger partial charge >= 0.3 is 0 Å². The number of pyridine rings is 1. The molecular formula is C15H19N3O2S. The first-order chi connectivity index (χ1) is 9.97. The molecule has 0 atom stereocenters. The SMILES string of the molecule is CCc1ccc(S(=O)(=O)Nc2cccnc2C)cc1CN. The number of hydrogen-bond donors (Lipinski definition) is 2. The van der Waals surface area contributed by atoms with E-state index in [0.717, 1.165) is 17.5 Å². The van der Waals surface area contributed by atoms with Crippen molar-refractivity contribution in [2.75, 3.05) is 4.72 Å². The summed E-state index contributed by atoms with van der Waals surface area (Å²) in [6, 6.07) is 8.42. The maximum absolute atomic E-state index is 12.4. The summed E-state index contributed by atoms with van der Waals surface area (Å²) < 4.78 is 27.4. The molecule has 2 aromatic rings. The van der Waals surface area contributed by atoms with Crippen LogP contribution in [-0.2, 0) is 23.0 Å². The molecule has 21 heavy (non-hydrogen) atoms. The van der Waals surface area contributed by atoms with Crippen LogP contribution in [0.5, 0.6) is 0 Å². The van der Waals surface area contributed by atoms with Gasteiger partial charge in [0.05, 0.1) is 16.3 Å². The second-order valence-electron chi connectivity index (χ2n) is 4.73. The third kappa shape index (κ3) is 3.40. The van der Waals surface area contributed by atoms with Crippen molar-refractivity contribution in [2.24, 2.45) is 5.73 Å². The van der Waals surface area contributed by atoms with Crippen LogP contribution in [0.15, 0.2) is 41.4 Å². The van der Waals surface area contributed by atoms with Crippen molar-refractivity contribution >= 4 is 15.7 Å². The topological polar surface area (TPSA) is 85.1 Å². The number of nitrogens with one attached hydrogen (secondary N) is 1. The zero-order valence-corrected chi connectivity index (χ0v) is 12.9. The fraction of sp³-hybridized carbons (Fsp3) is 0.267. The summed E-state index contributed by atoms with van der Waals surface area (Å²) in [4.78, 5) is 4.28. The number of aromatic nitrogens is 1. The molecule has 0 fully saturated rings. The Labute approximate surface area is 125 Å². The van der Waals surface area contributed by atoms with Crippen molar-refractivity contribution in [3.8, 4) is 0 Å². The Balaban J connectivity index is 2.38. The molecule has 0 bridgehead atoms. The van der Waals surface area contributed by atoms with E-state index in [9.17, 15) is 8.42 Å². The van der Waals surface area contributed by atoms with Gasteiger partial charge in [-0.25, -0.2) is 8.42 Å². The zero-order chi connectivity index (χ0) is 15.5. The molecular weight excluding hydrogens is 286 g/mol. The van der Waals surface area contributed by atoms with E-state index in [2.05, 4.69) is 9.71 Å². The first-order valence-electron chi connectivity index (χ1n) is 6.74. The molecule has 0 aliphatic heterocycles. The van der Waals surface area contributed by atoms with E-state index in [1.54, 1.807) is 37.4 Å². The number of hydrogen-bond acceptors (Lipinski definition) is 4. The van der Waals surface area contributed by atoms with Crippen LogP contribution in [0.25, 0.3) is 0 Å². The number of sulfonamides is 1. The maximum Gasteiger partial charge on any atom is 0.261 e. The number of aryl methyl sites for hydroxylation is 2.